The van der Waals surface area contributed by atoms with E-state index in [1.165, 1.54) is 18.1 Å². The number of phenolic OH excluding ortho intramolecular Hbond substituents is 1. The minimum Gasteiger partial charge on any atom is -0.504 e. The van der Waals surface area contributed by atoms with Crippen LogP contribution in [0.3, 0.4) is 0 Å². The number of hydrogen-bond donors (Lipinski definition) is 1. The second-order valence-corrected chi connectivity index (χ2v) is 13.7. The lowest BCUT2D eigenvalue weighted by molar-refractivity contribution is -0.147. The Morgan fingerprint density at radius 2 is 1.45 bits per heavy atom. The van der Waals surface area contributed by atoms with Crippen LogP contribution in [0.5, 0.6) is 11.5 Å². The summed E-state index contributed by atoms with van der Waals surface area (Å²) in [7, 11) is 1.55. The van der Waals surface area contributed by atoms with Crippen LogP contribution in [0.15, 0.2) is 66.7 Å². The zero-order valence-electron chi connectivity index (χ0n) is 31.1. The lowest BCUT2D eigenvalue weighted by Gasteiger charge is -2.38. The van der Waals surface area contributed by atoms with E-state index in [-0.39, 0.29) is 28.9 Å². The summed E-state index contributed by atoms with van der Waals surface area (Å²) in [6.45, 7) is 18.6. The highest BCUT2D eigenvalue weighted by Crippen LogP contribution is 2.35. The van der Waals surface area contributed by atoms with Gasteiger partial charge < -0.3 is 19.6 Å². The molecule has 2 heterocycles. The minimum atomic E-state index is -1.04. The number of carbonyl (C=O) groups is 3. The highest BCUT2D eigenvalue weighted by Gasteiger charge is 2.39. The molecule has 0 unspecified atom stereocenters. The molecular weight excluding hydrogens is 614 g/mol. The van der Waals surface area contributed by atoms with Gasteiger partial charge >= 0.3 is 0 Å². The summed E-state index contributed by atoms with van der Waals surface area (Å²) in [4.78, 5) is 44.4. The van der Waals surface area contributed by atoms with Crippen LogP contribution in [0.2, 0.25) is 0 Å². The molecule has 0 aliphatic carbocycles. The van der Waals surface area contributed by atoms with Crippen molar-refractivity contribution < 1.29 is 24.2 Å². The van der Waals surface area contributed by atoms with Crippen LogP contribution < -0.4 is 4.74 Å². The van der Waals surface area contributed by atoms with Gasteiger partial charge in [0.25, 0.3) is 5.91 Å². The average molecular weight is 672 g/mol. The number of nitrogens with zero attached hydrogens (tertiary/aromatic N) is 3. The van der Waals surface area contributed by atoms with Gasteiger partial charge in [0, 0.05) is 50.4 Å². The first-order valence-electron chi connectivity index (χ1n) is 17.6. The van der Waals surface area contributed by atoms with E-state index in [1.54, 1.807) is 31.9 Å². The van der Waals surface area contributed by atoms with Crippen molar-refractivity contribution in [2.45, 2.75) is 93.3 Å². The summed E-state index contributed by atoms with van der Waals surface area (Å²) in [5.41, 5.74) is 4.35. The first kappa shape index (κ1) is 39.3. The lowest BCUT2D eigenvalue weighted by Crippen LogP contribution is -2.54. The number of aromatic hydroxyl groups is 1. The largest absolute Gasteiger partial charge is 0.504 e. The molecule has 5 rings (SSSR count). The number of phenols is 1. The van der Waals surface area contributed by atoms with E-state index in [0.29, 0.717) is 38.5 Å². The molecule has 0 aromatic heterocycles. The fourth-order valence-electron chi connectivity index (χ4n) is 6.08. The Hall–Kier alpha value is -4.17. The number of methoxy groups -OCH3 is 1. The van der Waals surface area contributed by atoms with Crippen molar-refractivity contribution >= 4 is 17.6 Å². The second kappa shape index (κ2) is 17.5. The molecule has 0 spiro atoms. The zero-order chi connectivity index (χ0) is 36.4. The SMILES string of the molecule is CC.CCc1ccccc1.COc1cc(CCC(C)(C)N2Cc3cccc(C(=O)N4CCN(C(=O)C(C)(C)C(C)=O)CC4)c3C2)ccc1O. The monoisotopic (exact) mass is 671 g/mol. The normalized spacial score (nSPS) is 14.6. The van der Waals surface area contributed by atoms with E-state index < -0.39 is 5.41 Å². The molecule has 8 heteroatoms. The van der Waals surface area contributed by atoms with E-state index >= 15 is 0 Å². The molecule has 1 saturated heterocycles. The number of benzene rings is 3. The minimum absolute atomic E-state index is 0.000575. The highest BCUT2D eigenvalue weighted by molar-refractivity contribution is 6.04. The van der Waals surface area contributed by atoms with Gasteiger partial charge in [-0.05, 0) is 94.3 Å². The first-order valence-corrected chi connectivity index (χ1v) is 17.6. The summed E-state index contributed by atoms with van der Waals surface area (Å²) in [5, 5.41) is 9.90. The third-order valence-corrected chi connectivity index (χ3v) is 9.86. The molecular formula is C41H57N3O5. The molecule has 3 aromatic rings. The van der Waals surface area contributed by atoms with Crippen molar-refractivity contribution in [3.05, 3.63) is 94.5 Å². The van der Waals surface area contributed by atoms with Gasteiger partial charge in [-0.25, -0.2) is 0 Å². The summed E-state index contributed by atoms with van der Waals surface area (Å²) in [6, 6.07) is 21.9. The fraction of sp³-hybridized carbons (Fsp3) is 0.488. The van der Waals surface area contributed by atoms with Crippen molar-refractivity contribution in [1.29, 1.82) is 0 Å². The van der Waals surface area contributed by atoms with Gasteiger partial charge in [0.2, 0.25) is 5.91 Å². The second-order valence-electron chi connectivity index (χ2n) is 13.7. The van der Waals surface area contributed by atoms with Crippen molar-refractivity contribution in [2.24, 2.45) is 5.41 Å². The van der Waals surface area contributed by atoms with E-state index in [9.17, 15) is 19.5 Å². The van der Waals surface area contributed by atoms with Gasteiger partial charge in [-0.2, -0.15) is 0 Å². The number of rotatable bonds is 9. The van der Waals surface area contributed by atoms with Crippen molar-refractivity contribution in [3.8, 4) is 11.5 Å². The number of piperazine rings is 1. The van der Waals surface area contributed by atoms with Crippen LogP contribution in [-0.2, 0) is 35.5 Å². The van der Waals surface area contributed by atoms with Crippen LogP contribution in [0.1, 0.15) is 94.4 Å². The summed E-state index contributed by atoms with van der Waals surface area (Å²) in [5.74, 6) is 0.295. The Kier molecular flexibility index (Phi) is 14.0. The quantitative estimate of drug-likeness (QED) is 0.240. The third kappa shape index (κ3) is 9.72. The van der Waals surface area contributed by atoms with Crippen molar-refractivity contribution in [1.82, 2.24) is 14.7 Å². The predicted octanol–water partition coefficient (Wildman–Crippen LogP) is 7.30. The number of hydrogen-bond acceptors (Lipinski definition) is 6. The summed E-state index contributed by atoms with van der Waals surface area (Å²) < 4.78 is 5.26. The number of ketones is 1. The van der Waals surface area contributed by atoms with Crippen molar-refractivity contribution in [3.63, 3.8) is 0 Å². The Bertz CT molecular complexity index is 1560. The maximum absolute atomic E-state index is 13.6. The Balaban J connectivity index is 0.000000563. The molecule has 0 saturated carbocycles. The lowest BCUT2D eigenvalue weighted by atomic mass is 9.87. The average Bonchev–Trinajstić information content (AvgIpc) is 3.58. The van der Waals surface area contributed by atoms with Gasteiger partial charge in [-0.3, -0.25) is 19.3 Å². The number of fused-ring (bicyclic) bond motifs is 1. The molecule has 0 radical (unpaired) electrons. The van der Waals surface area contributed by atoms with Gasteiger partial charge in [-0.1, -0.05) is 69.3 Å². The smallest absolute Gasteiger partial charge is 0.254 e. The van der Waals surface area contributed by atoms with E-state index in [2.05, 4.69) is 56.0 Å². The maximum Gasteiger partial charge on any atom is 0.254 e. The van der Waals surface area contributed by atoms with Crippen LogP contribution >= 0.6 is 0 Å². The van der Waals surface area contributed by atoms with Gasteiger partial charge in [0.05, 0.1) is 7.11 Å². The molecule has 0 bridgehead atoms. The Morgan fingerprint density at radius 1 is 0.816 bits per heavy atom. The molecule has 3 aromatic carbocycles. The number of ether oxygens (including phenoxy) is 1. The Morgan fingerprint density at radius 3 is 2.02 bits per heavy atom. The van der Waals surface area contributed by atoms with Crippen molar-refractivity contribution in [2.75, 3.05) is 33.3 Å². The topological polar surface area (TPSA) is 90.4 Å². The Labute approximate surface area is 294 Å². The molecule has 1 fully saturated rings. The predicted molar refractivity (Wildman–Crippen MR) is 197 cm³/mol. The summed E-state index contributed by atoms with van der Waals surface area (Å²) >= 11 is 0. The maximum atomic E-state index is 13.6. The molecule has 2 aliphatic rings. The van der Waals surface area contributed by atoms with Crippen LogP contribution in [-0.4, -0.2) is 76.2 Å². The third-order valence-electron chi connectivity index (χ3n) is 9.86. The highest BCUT2D eigenvalue weighted by atomic mass is 16.5. The van der Waals surface area contributed by atoms with Gasteiger partial charge in [0.1, 0.15) is 11.2 Å². The molecule has 2 amide bonds. The zero-order valence-corrected chi connectivity index (χ0v) is 31.1. The fourth-order valence-corrected chi connectivity index (χ4v) is 6.08. The van der Waals surface area contributed by atoms with E-state index in [0.717, 1.165) is 42.5 Å². The standard InChI is InChI=1S/C31H41N3O5.C8H10.C2H6/c1-21(35)31(4,5)29(38)33-16-14-32(15-17-33)28(37)24-9-7-8-23-19-34(20-25(23)24)30(2,3)13-12-22-10-11-26(36)27(18-22)39-6;1-2-8-6-4-3-5-7-8;1-2/h7-11,18,36H,12-17,19-20H2,1-6H3;3-7H,2H2,1H3;1-2H3. The van der Waals surface area contributed by atoms with Gasteiger partial charge in [0.15, 0.2) is 11.5 Å². The van der Waals surface area contributed by atoms with Crippen LogP contribution in [0.4, 0.5) is 0 Å². The van der Waals surface area contributed by atoms with Crippen LogP contribution in [0.25, 0.3) is 0 Å². The van der Waals surface area contributed by atoms with Crippen LogP contribution in [0, 0.1) is 5.41 Å². The van der Waals surface area contributed by atoms with E-state index in [1.807, 2.05) is 49.1 Å². The number of carbonyl (C=O) groups excluding carboxylic acids is 3. The molecule has 49 heavy (non-hydrogen) atoms. The first-order chi connectivity index (χ1) is 23.3. The molecule has 8 nitrogen and oxygen atoms in total. The van der Waals surface area contributed by atoms with E-state index in [4.69, 9.17) is 4.74 Å². The molecule has 1 N–H and O–H groups in total. The number of Topliss-reactive ketones (excluding diaryl/α,β-unsaturated/α-hetero) is 1. The number of aryl methyl sites for hydroxylation is 2. The molecule has 0 atom stereocenters. The molecule has 266 valence electrons. The van der Waals surface area contributed by atoms with Gasteiger partial charge in [-0.15, -0.1) is 0 Å². The summed E-state index contributed by atoms with van der Waals surface area (Å²) in [6.07, 6.45) is 2.89. The number of amides is 2. The molecule has 2 aliphatic heterocycles.